The van der Waals surface area contributed by atoms with E-state index in [0.29, 0.717) is 11.9 Å². The number of ether oxygens (including phenoxy) is 1. The molecule has 1 N–H and O–H groups in total. The number of aliphatic hydroxyl groups is 1. The first-order chi connectivity index (χ1) is 4.48. The quantitative estimate of drug-likeness (QED) is 0.629. The maximum absolute atomic E-state index is 8.88. The van der Waals surface area contributed by atoms with E-state index in [4.69, 9.17) is 39.9 Å². The van der Waals surface area contributed by atoms with Gasteiger partial charge in [0.1, 0.15) is 0 Å². The molecule has 0 spiro atoms. The van der Waals surface area contributed by atoms with Gasteiger partial charge in [0.15, 0.2) is 0 Å². The van der Waals surface area contributed by atoms with Crippen molar-refractivity contribution in [2.24, 2.45) is 0 Å². The molecule has 0 aromatic rings. The Morgan fingerprint density at radius 3 is 2.30 bits per heavy atom. The van der Waals surface area contributed by atoms with E-state index in [2.05, 4.69) is 20.7 Å². The van der Waals surface area contributed by atoms with E-state index < -0.39 is 10.1 Å². The average molecular weight is 272 g/mol. The van der Waals surface area contributed by atoms with Gasteiger partial charge in [-0.05, 0) is 0 Å². The highest BCUT2D eigenvalue weighted by Crippen LogP contribution is 2.30. The maximum atomic E-state index is 8.88. The largest absolute Gasteiger partial charge is 0.365 e. The van der Waals surface area contributed by atoms with Gasteiger partial charge in [0.2, 0.25) is 10.1 Å². The summed E-state index contributed by atoms with van der Waals surface area (Å²) in [4.78, 5) is 0. The molecule has 0 radical (unpaired) electrons. The molecule has 0 amide bonds. The van der Waals surface area contributed by atoms with Crippen LogP contribution in [-0.2, 0) is 4.74 Å². The summed E-state index contributed by atoms with van der Waals surface area (Å²) >= 11 is 18.9. The fourth-order valence-electron chi connectivity index (χ4n) is 0.251. The second-order valence-corrected chi connectivity index (χ2v) is 4.62. The monoisotopic (exact) mass is 270 g/mol. The molecule has 10 heavy (non-hydrogen) atoms. The minimum absolute atomic E-state index is 0.301. The Morgan fingerprint density at radius 1 is 1.50 bits per heavy atom. The number of hydrogen-bond acceptors (Lipinski definition) is 2. The van der Waals surface area contributed by atoms with E-state index >= 15 is 0 Å². The van der Waals surface area contributed by atoms with Crippen LogP contribution in [0.3, 0.4) is 0 Å². The van der Waals surface area contributed by atoms with Crippen molar-refractivity contribution in [1.82, 2.24) is 0 Å². The van der Waals surface area contributed by atoms with Gasteiger partial charge in [-0.3, -0.25) is 0 Å². The summed E-state index contributed by atoms with van der Waals surface area (Å²) in [5.74, 6) is 0. The number of alkyl halides is 4. The van der Waals surface area contributed by atoms with Gasteiger partial charge in [-0.25, -0.2) is 0 Å². The zero-order chi connectivity index (χ0) is 8.20. The smallest absolute Gasteiger partial charge is 0.240 e. The van der Waals surface area contributed by atoms with Crippen LogP contribution in [0.25, 0.3) is 0 Å². The summed E-state index contributed by atoms with van der Waals surface area (Å²) < 4.78 is 2.91. The third-order valence-corrected chi connectivity index (χ3v) is 1.52. The highest BCUT2D eigenvalue weighted by atomic mass is 79.9. The second-order valence-electron chi connectivity index (χ2n) is 1.45. The Labute approximate surface area is 82.5 Å². The minimum Gasteiger partial charge on any atom is -0.365 e. The van der Waals surface area contributed by atoms with Gasteiger partial charge in [0, 0.05) is 5.33 Å². The zero-order valence-electron chi connectivity index (χ0n) is 4.86. The molecule has 0 saturated carbocycles. The summed E-state index contributed by atoms with van der Waals surface area (Å²) in [6.07, 6.45) is -1.37. The molecule has 1 unspecified atom stereocenters. The molecular weight excluding hydrogens is 266 g/mol. The lowest BCUT2D eigenvalue weighted by atomic mass is 10.7. The van der Waals surface area contributed by atoms with Crippen molar-refractivity contribution in [2.45, 2.75) is 10.1 Å². The lowest BCUT2D eigenvalue weighted by Crippen LogP contribution is -2.28. The lowest BCUT2D eigenvalue weighted by molar-refractivity contribution is -0.0893. The van der Waals surface area contributed by atoms with E-state index in [1.165, 1.54) is 0 Å². The molecule has 0 aliphatic carbocycles. The van der Waals surface area contributed by atoms with Gasteiger partial charge in [-0.1, -0.05) is 50.7 Å². The molecule has 0 aromatic heterocycles. The lowest BCUT2D eigenvalue weighted by Gasteiger charge is -2.18. The van der Waals surface area contributed by atoms with E-state index in [1.54, 1.807) is 0 Å². The van der Waals surface area contributed by atoms with Crippen LogP contribution < -0.4 is 0 Å². The van der Waals surface area contributed by atoms with Gasteiger partial charge in [-0.15, -0.1) is 0 Å². The van der Waals surface area contributed by atoms with Crippen LogP contribution in [0.4, 0.5) is 0 Å². The predicted molar refractivity (Wildman–Crippen MR) is 46.0 cm³/mol. The van der Waals surface area contributed by atoms with Crippen molar-refractivity contribution in [3.8, 4) is 0 Å². The molecule has 0 aliphatic rings. The number of rotatable bonds is 3. The molecule has 0 saturated heterocycles. The average Bonchev–Trinajstić information content (AvgIpc) is 1.80. The van der Waals surface area contributed by atoms with Gasteiger partial charge in [0.05, 0.1) is 6.61 Å². The summed E-state index contributed by atoms with van der Waals surface area (Å²) in [5.41, 5.74) is 0. The van der Waals surface area contributed by atoms with E-state index in [9.17, 15) is 0 Å². The predicted octanol–water partition coefficient (Wildman–Crippen LogP) is 2.09. The molecule has 0 heterocycles. The Bertz CT molecular complexity index is 95.0. The third kappa shape index (κ3) is 4.99. The molecule has 62 valence electrons. The van der Waals surface area contributed by atoms with Crippen LogP contribution >= 0.6 is 50.7 Å². The van der Waals surface area contributed by atoms with E-state index in [0.717, 1.165) is 0 Å². The van der Waals surface area contributed by atoms with Crippen molar-refractivity contribution in [1.29, 1.82) is 0 Å². The molecule has 2 nitrogen and oxygen atoms in total. The molecule has 0 bridgehead atoms. The summed E-state index contributed by atoms with van der Waals surface area (Å²) in [6.45, 7) is 0.301. The Morgan fingerprint density at radius 2 is 2.00 bits per heavy atom. The highest BCUT2D eigenvalue weighted by molar-refractivity contribution is 9.09. The summed E-state index contributed by atoms with van der Waals surface area (Å²) in [5, 5.41) is 9.47. The van der Waals surface area contributed by atoms with Crippen molar-refractivity contribution in [3.63, 3.8) is 0 Å². The first kappa shape index (κ1) is 11.3. The van der Waals surface area contributed by atoms with E-state index in [-0.39, 0.29) is 0 Å². The van der Waals surface area contributed by atoms with Gasteiger partial charge >= 0.3 is 0 Å². The second kappa shape index (κ2) is 5.01. The first-order valence-electron chi connectivity index (χ1n) is 2.41. The molecule has 6 heteroatoms. The van der Waals surface area contributed by atoms with Crippen LogP contribution in [-0.4, -0.2) is 27.1 Å². The molecule has 0 fully saturated rings. The molecule has 0 rings (SSSR count). The fourth-order valence-corrected chi connectivity index (χ4v) is 0.627. The minimum atomic E-state index is -1.76. The third-order valence-electron chi connectivity index (χ3n) is 0.633. The van der Waals surface area contributed by atoms with Crippen LogP contribution in [0.2, 0.25) is 0 Å². The number of aliphatic hydroxyl groups excluding tert-OH is 1. The molecule has 1 atom stereocenters. The highest BCUT2D eigenvalue weighted by Gasteiger charge is 2.31. The zero-order valence-corrected chi connectivity index (χ0v) is 8.71. The topological polar surface area (TPSA) is 29.5 Å². The van der Waals surface area contributed by atoms with Gasteiger partial charge in [-0.2, -0.15) is 0 Å². The number of hydrogen-bond donors (Lipinski definition) is 1. The number of halogens is 4. The van der Waals surface area contributed by atoms with Crippen molar-refractivity contribution in [2.75, 3.05) is 11.9 Å². The normalized spacial score (nSPS) is 15.3. The molecule has 0 aromatic carbocycles. The maximum Gasteiger partial charge on any atom is 0.240 e. The van der Waals surface area contributed by atoms with Gasteiger partial charge in [0.25, 0.3) is 0 Å². The first-order valence-corrected chi connectivity index (χ1v) is 4.66. The van der Waals surface area contributed by atoms with E-state index in [1.807, 2.05) is 0 Å². The Balaban J connectivity index is 3.52. The standard InChI is InChI=1S/C4H6BrCl3O2/c5-1-2-10-3(9)4(6,7)8/h3,9H,1-2H2. The Kier molecular flexibility index (Phi) is 5.65. The van der Waals surface area contributed by atoms with Crippen molar-refractivity contribution < 1.29 is 9.84 Å². The summed E-state index contributed by atoms with van der Waals surface area (Å²) in [7, 11) is 0. The van der Waals surface area contributed by atoms with Crippen LogP contribution in [0.1, 0.15) is 0 Å². The SMILES string of the molecule is OC(OCCBr)C(Cl)(Cl)Cl. The Hall–Kier alpha value is 1.27. The van der Waals surface area contributed by atoms with Crippen LogP contribution in [0.15, 0.2) is 0 Å². The molecular formula is C4H6BrCl3O2. The van der Waals surface area contributed by atoms with Crippen LogP contribution in [0.5, 0.6) is 0 Å². The van der Waals surface area contributed by atoms with Gasteiger partial charge < -0.3 is 9.84 Å². The fraction of sp³-hybridized carbons (Fsp3) is 1.00. The molecule has 0 aliphatic heterocycles. The van der Waals surface area contributed by atoms with Crippen LogP contribution in [0, 0.1) is 0 Å². The van der Waals surface area contributed by atoms with Crippen molar-refractivity contribution >= 4 is 50.7 Å². The van der Waals surface area contributed by atoms with Crippen molar-refractivity contribution in [3.05, 3.63) is 0 Å². The summed E-state index contributed by atoms with van der Waals surface area (Å²) in [6, 6.07) is 0.